The first-order valence-electron chi connectivity index (χ1n) is 7.24. The lowest BCUT2D eigenvalue weighted by molar-refractivity contribution is -0.384. The predicted octanol–water partition coefficient (Wildman–Crippen LogP) is 2.01. The van der Waals surface area contributed by atoms with Gasteiger partial charge in [-0.1, -0.05) is 25.0 Å². The molecule has 0 spiro atoms. The van der Waals surface area contributed by atoms with Crippen molar-refractivity contribution < 1.29 is 14.8 Å². The molecule has 1 fully saturated rings. The molecule has 0 saturated carbocycles. The maximum absolute atomic E-state index is 12.3. The van der Waals surface area contributed by atoms with Crippen molar-refractivity contribution in [2.24, 2.45) is 0 Å². The SMILES string of the molecule is O=C(CN1CCCCCC1CO)c1cccc([N+](=O)[O-])c1. The Bertz CT molecular complexity index is 518. The molecule has 6 nitrogen and oxygen atoms in total. The normalized spacial score (nSPS) is 20.0. The minimum atomic E-state index is -0.501. The van der Waals surface area contributed by atoms with Gasteiger partial charge in [0.1, 0.15) is 0 Å². The van der Waals surface area contributed by atoms with Gasteiger partial charge in [0.05, 0.1) is 18.1 Å². The van der Waals surface area contributed by atoms with Crippen LogP contribution in [0.2, 0.25) is 0 Å². The number of hydrogen-bond acceptors (Lipinski definition) is 5. The first kappa shape index (κ1) is 15.6. The molecule has 2 rings (SSSR count). The Morgan fingerprint density at radius 1 is 1.38 bits per heavy atom. The van der Waals surface area contributed by atoms with Crippen molar-refractivity contribution in [1.29, 1.82) is 0 Å². The zero-order valence-corrected chi connectivity index (χ0v) is 11.9. The molecule has 1 atom stereocenters. The number of Topliss-reactive ketones (excluding diaryl/α,β-unsaturated/α-hetero) is 1. The summed E-state index contributed by atoms with van der Waals surface area (Å²) in [6.45, 7) is 1.03. The fourth-order valence-electron chi connectivity index (χ4n) is 2.72. The zero-order chi connectivity index (χ0) is 15.2. The lowest BCUT2D eigenvalue weighted by Gasteiger charge is -2.27. The van der Waals surface area contributed by atoms with Crippen LogP contribution in [0.15, 0.2) is 24.3 Å². The Balaban J connectivity index is 2.09. The molecular formula is C15H20N2O4. The van der Waals surface area contributed by atoms with E-state index in [-0.39, 0.29) is 30.7 Å². The number of likely N-dealkylation sites (tertiary alicyclic amines) is 1. The molecule has 1 aromatic carbocycles. The van der Waals surface area contributed by atoms with Crippen LogP contribution >= 0.6 is 0 Å². The van der Waals surface area contributed by atoms with Gasteiger partial charge in [0.2, 0.25) is 0 Å². The van der Waals surface area contributed by atoms with Crippen LogP contribution in [-0.4, -0.2) is 46.5 Å². The second-order valence-corrected chi connectivity index (χ2v) is 5.39. The van der Waals surface area contributed by atoms with Crippen LogP contribution in [0.25, 0.3) is 0 Å². The minimum Gasteiger partial charge on any atom is -0.395 e. The summed E-state index contributed by atoms with van der Waals surface area (Å²) in [4.78, 5) is 24.6. The molecule has 1 unspecified atom stereocenters. The molecule has 0 bridgehead atoms. The molecule has 0 aliphatic carbocycles. The van der Waals surface area contributed by atoms with E-state index < -0.39 is 4.92 Å². The highest BCUT2D eigenvalue weighted by atomic mass is 16.6. The second-order valence-electron chi connectivity index (χ2n) is 5.39. The van der Waals surface area contributed by atoms with E-state index in [9.17, 15) is 20.0 Å². The quantitative estimate of drug-likeness (QED) is 0.510. The Morgan fingerprint density at radius 2 is 2.19 bits per heavy atom. The number of nitro benzene ring substituents is 1. The lowest BCUT2D eigenvalue weighted by atomic mass is 10.1. The van der Waals surface area contributed by atoms with Crippen LogP contribution in [0, 0.1) is 10.1 Å². The number of ketones is 1. The minimum absolute atomic E-state index is 0.00940. The van der Waals surface area contributed by atoms with Crippen LogP contribution in [0.3, 0.4) is 0 Å². The summed E-state index contributed by atoms with van der Waals surface area (Å²) in [5, 5.41) is 20.2. The van der Waals surface area contributed by atoms with Gasteiger partial charge in [0.15, 0.2) is 5.78 Å². The summed E-state index contributed by atoms with van der Waals surface area (Å²) in [7, 11) is 0. The maximum Gasteiger partial charge on any atom is 0.270 e. The molecular weight excluding hydrogens is 272 g/mol. The molecule has 6 heteroatoms. The average molecular weight is 292 g/mol. The van der Waals surface area contributed by atoms with Gasteiger partial charge in [-0.15, -0.1) is 0 Å². The number of non-ortho nitro benzene ring substituents is 1. The van der Waals surface area contributed by atoms with Crippen LogP contribution in [0.1, 0.15) is 36.0 Å². The smallest absolute Gasteiger partial charge is 0.270 e. The first-order chi connectivity index (χ1) is 10.1. The second kappa shape index (κ2) is 7.28. The summed E-state index contributed by atoms with van der Waals surface area (Å²) in [5.41, 5.74) is 0.278. The fraction of sp³-hybridized carbons (Fsp3) is 0.533. The third kappa shape index (κ3) is 4.09. The van der Waals surface area contributed by atoms with Crippen molar-refractivity contribution in [2.75, 3.05) is 19.7 Å². The molecule has 1 heterocycles. The number of carbonyl (C=O) groups excluding carboxylic acids is 1. The summed E-state index contributed by atoms with van der Waals surface area (Å²) < 4.78 is 0. The fourth-order valence-corrected chi connectivity index (χ4v) is 2.72. The van der Waals surface area contributed by atoms with Gasteiger partial charge in [0, 0.05) is 23.7 Å². The summed E-state index contributed by atoms with van der Waals surface area (Å²) in [6.07, 6.45) is 4.07. The van der Waals surface area contributed by atoms with E-state index in [1.165, 1.54) is 18.2 Å². The number of rotatable bonds is 5. The molecule has 1 N–H and O–H groups in total. The highest BCUT2D eigenvalue weighted by Crippen LogP contribution is 2.18. The van der Waals surface area contributed by atoms with Crippen LogP contribution < -0.4 is 0 Å². The van der Waals surface area contributed by atoms with Crippen molar-refractivity contribution >= 4 is 11.5 Å². The van der Waals surface area contributed by atoms with Gasteiger partial charge in [-0.3, -0.25) is 19.8 Å². The third-order valence-electron chi connectivity index (χ3n) is 3.94. The third-order valence-corrected chi connectivity index (χ3v) is 3.94. The van der Waals surface area contributed by atoms with Crippen molar-refractivity contribution in [3.05, 3.63) is 39.9 Å². The van der Waals surface area contributed by atoms with Crippen molar-refractivity contribution in [2.45, 2.75) is 31.7 Å². The van der Waals surface area contributed by atoms with Gasteiger partial charge in [-0.2, -0.15) is 0 Å². The van der Waals surface area contributed by atoms with Crippen LogP contribution in [0.5, 0.6) is 0 Å². The van der Waals surface area contributed by atoms with Crippen molar-refractivity contribution in [3.63, 3.8) is 0 Å². The van der Waals surface area contributed by atoms with Gasteiger partial charge < -0.3 is 5.11 Å². The molecule has 0 aromatic heterocycles. The van der Waals surface area contributed by atoms with E-state index in [1.807, 2.05) is 4.90 Å². The average Bonchev–Trinajstić information content (AvgIpc) is 2.72. The number of benzene rings is 1. The Labute approximate surface area is 123 Å². The number of nitro groups is 1. The molecule has 1 aliphatic rings. The molecule has 0 amide bonds. The van der Waals surface area contributed by atoms with Gasteiger partial charge in [-0.05, 0) is 19.4 Å². The number of aliphatic hydroxyl groups excluding tert-OH is 1. The standard InChI is InChI=1S/C15H20N2O4/c18-11-14-6-2-1-3-8-16(14)10-15(19)12-5-4-7-13(9-12)17(20)21/h4-5,7,9,14,18H,1-3,6,8,10-11H2. The first-order valence-corrected chi connectivity index (χ1v) is 7.24. The Morgan fingerprint density at radius 3 is 2.90 bits per heavy atom. The van der Waals surface area contributed by atoms with E-state index in [0.717, 1.165) is 32.2 Å². The van der Waals surface area contributed by atoms with Crippen LogP contribution in [0.4, 0.5) is 5.69 Å². The molecule has 21 heavy (non-hydrogen) atoms. The monoisotopic (exact) mass is 292 g/mol. The number of hydrogen-bond donors (Lipinski definition) is 1. The van der Waals surface area contributed by atoms with Crippen molar-refractivity contribution in [1.82, 2.24) is 4.90 Å². The molecule has 1 aliphatic heterocycles. The maximum atomic E-state index is 12.3. The Kier molecular flexibility index (Phi) is 5.41. The summed E-state index contributed by atoms with van der Waals surface area (Å²) in [5.74, 6) is -0.140. The molecule has 114 valence electrons. The Hall–Kier alpha value is -1.79. The lowest BCUT2D eigenvalue weighted by Crippen LogP contribution is -2.40. The van der Waals surface area contributed by atoms with Gasteiger partial charge in [-0.25, -0.2) is 0 Å². The summed E-state index contributed by atoms with van der Waals surface area (Å²) >= 11 is 0. The zero-order valence-electron chi connectivity index (χ0n) is 11.9. The van der Waals surface area contributed by atoms with E-state index in [2.05, 4.69) is 0 Å². The van der Waals surface area contributed by atoms with E-state index in [0.29, 0.717) is 5.56 Å². The highest BCUT2D eigenvalue weighted by molar-refractivity contribution is 5.98. The van der Waals surface area contributed by atoms with E-state index >= 15 is 0 Å². The van der Waals surface area contributed by atoms with E-state index in [4.69, 9.17) is 0 Å². The number of carbonyl (C=O) groups is 1. The van der Waals surface area contributed by atoms with E-state index in [1.54, 1.807) is 6.07 Å². The number of aliphatic hydroxyl groups is 1. The molecule has 1 saturated heterocycles. The van der Waals surface area contributed by atoms with Gasteiger partial charge in [0.25, 0.3) is 5.69 Å². The predicted molar refractivity (Wildman–Crippen MR) is 78.3 cm³/mol. The van der Waals surface area contributed by atoms with Gasteiger partial charge >= 0.3 is 0 Å². The highest BCUT2D eigenvalue weighted by Gasteiger charge is 2.23. The molecule has 0 radical (unpaired) electrons. The summed E-state index contributed by atoms with van der Waals surface area (Å²) in [6, 6.07) is 5.82. The molecule has 1 aromatic rings. The largest absolute Gasteiger partial charge is 0.395 e. The number of nitrogens with zero attached hydrogens (tertiary/aromatic N) is 2. The van der Waals surface area contributed by atoms with Crippen LogP contribution in [-0.2, 0) is 0 Å². The topological polar surface area (TPSA) is 83.7 Å². The van der Waals surface area contributed by atoms with Crippen molar-refractivity contribution in [3.8, 4) is 0 Å².